The summed E-state index contributed by atoms with van der Waals surface area (Å²) in [6.07, 6.45) is 3.41. The molecular formula is C13H18O. The molecule has 0 aliphatic carbocycles. The van der Waals surface area contributed by atoms with Crippen LogP contribution >= 0.6 is 0 Å². The Kier molecular flexibility index (Phi) is 6.38. The molecule has 0 fully saturated rings. The molecule has 0 N–H and O–H groups in total. The molecule has 0 aromatic heterocycles. The van der Waals surface area contributed by atoms with E-state index in [1.807, 2.05) is 51.1 Å². The maximum atomic E-state index is 10.6. The molecule has 1 aromatic carbocycles. The van der Waals surface area contributed by atoms with Crippen molar-refractivity contribution in [1.29, 1.82) is 0 Å². The molecule has 0 aliphatic heterocycles. The summed E-state index contributed by atoms with van der Waals surface area (Å²) >= 11 is 0. The van der Waals surface area contributed by atoms with Crippen LogP contribution < -0.4 is 0 Å². The Labute approximate surface area is 86.5 Å². The van der Waals surface area contributed by atoms with Gasteiger partial charge in [0.1, 0.15) is 0 Å². The molecule has 0 saturated heterocycles. The van der Waals surface area contributed by atoms with Gasteiger partial charge in [-0.15, -0.1) is 0 Å². The first-order chi connectivity index (χ1) is 6.68. The number of rotatable bonds is 2. The van der Waals surface area contributed by atoms with Gasteiger partial charge < -0.3 is 0 Å². The topological polar surface area (TPSA) is 17.1 Å². The number of benzene rings is 1. The smallest absolute Gasteiger partial charge is 0.152 e. The van der Waals surface area contributed by atoms with Crippen LogP contribution in [0.25, 0.3) is 6.08 Å². The van der Waals surface area contributed by atoms with Crippen molar-refractivity contribution in [1.82, 2.24) is 0 Å². The fourth-order valence-corrected chi connectivity index (χ4v) is 0.987. The third-order valence-corrected chi connectivity index (χ3v) is 1.55. The third kappa shape index (κ3) is 5.31. The van der Waals surface area contributed by atoms with E-state index in [2.05, 4.69) is 0 Å². The molecule has 14 heavy (non-hydrogen) atoms. The quantitative estimate of drug-likeness (QED) is 0.651. The fraction of sp³-hybridized carbons (Fsp3) is 0.308. The van der Waals surface area contributed by atoms with Gasteiger partial charge in [0.25, 0.3) is 0 Å². The zero-order chi connectivity index (χ0) is 11.0. The Bertz CT molecular complexity index is 311. The van der Waals surface area contributed by atoms with E-state index in [4.69, 9.17) is 0 Å². The lowest BCUT2D eigenvalue weighted by atomic mass is 10.1. The Morgan fingerprint density at radius 1 is 1.29 bits per heavy atom. The van der Waals surface area contributed by atoms with Gasteiger partial charge in [-0.3, -0.25) is 4.79 Å². The average Bonchev–Trinajstić information content (AvgIpc) is 2.18. The minimum absolute atomic E-state index is 0.0801. The summed E-state index contributed by atoms with van der Waals surface area (Å²) in [6.45, 7) is 7.58. The highest BCUT2D eigenvalue weighted by Crippen LogP contribution is 2.05. The first-order valence-electron chi connectivity index (χ1n) is 4.94. The van der Waals surface area contributed by atoms with Crippen LogP contribution in [-0.2, 0) is 4.79 Å². The molecule has 1 heteroatoms. The van der Waals surface area contributed by atoms with Crippen molar-refractivity contribution in [3.63, 3.8) is 0 Å². The van der Waals surface area contributed by atoms with E-state index in [1.54, 1.807) is 13.0 Å². The largest absolute Gasteiger partial charge is 0.295 e. The van der Waals surface area contributed by atoms with Gasteiger partial charge >= 0.3 is 0 Å². The SMILES string of the molecule is CC.CC(=O)/C=C/c1cccc(C)c1. The zero-order valence-electron chi connectivity index (χ0n) is 9.37. The zero-order valence-corrected chi connectivity index (χ0v) is 9.37. The predicted octanol–water partition coefficient (Wildman–Crippen LogP) is 3.62. The molecule has 0 atom stereocenters. The van der Waals surface area contributed by atoms with Gasteiger partial charge in [-0.2, -0.15) is 0 Å². The van der Waals surface area contributed by atoms with Gasteiger partial charge in [0.05, 0.1) is 0 Å². The van der Waals surface area contributed by atoms with Crippen LogP contribution in [0.2, 0.25) is 0 Å². The summed E-state index contributed by atoms with van der Waals surface area (Å²) < 4.78 is 0. The lowest BCUT2D eigenvalue weighted by Gasteiger charge is -1.93. The molecule has 1 nitrogen and oxygen atoms in total. The second-order valence-electron chi connectivity index (χ2n) is 2.86. The highest BCUT2D eigenvalue weighted by Gasteiger charge is 1.87. The van der Waals surface area contributed by atoms with Crippen LogP contribution in [0.15, 0.2) is 30.3 Å². The number of hydrogen-bond acceptors (Lipinski definition) is 1. The average molecular weight is 190 g/mol. The molecule has 0 bridgehead atoms. The first-order valence-corrected chi connectivity index (χ1v) is 4.94. The molecule has 1 aromatic rings. The molecule has 0 aliphatic rings. The molecule has 0 radical (unpaired) electrons. The second-order valence-corrected chi connectivity index (χ2v) is 2.86. The third-order valence-electron chi connectivity index (χ3n) is 1.55. The van der Waals surface area contributed by atoms with Crippen LogP contribution in [0, 0.1) is 6.92 Å². The molecule has 0 amide bonds. The fourth-order valence-electron chi connectivity index (χ4n) is 0.987. The number of aryl methyl sites for hydroxylation is 1. The monoisotopic (exact) mass is 190 g/mol. The minimum atomic E-state index is 0.0801. The van der Waals surface area contributed by atoms with E-state index in [-0.39, 0.29) is 5.78 Å². The number of carbonyl (C=O) groups excluding carboxylic acids is 1. The summed E-state index contributed by atoms with van der Waals surface area (Å²) in [5.74, 6) is 0.0801. The van der Waals surface area contributed by atoms with E-state index in [0.29, 0.717) is 0 Å². The predicted molar refractivity (Wildman–Crippen MR) is 62.2 cm³/mol. The molecule has 76 valence electrons. The molecule has 0 heterocycles. The van der Waals surface area contributed by atoms with Gasteiger partial charge in [0.2, 0.25) is 0 Å². The highest BCUT2D eigenvalue weighted by atomic mass is 16.1. The number of allylic oxidation sites excluding steroid dienone is 1. The molecule has 0 saturated carbocycles. The van der Waals surface area contributed by atoms with E-state index in [1.165, 1.54) is 5.56 Å². The Morgan fingerprint density at radius 3 is 2.43 bits per heavy atom. The van der Waals surface area contributed by atoms with Crippen LogP contribution in [0.3, 0.4) is 0 Å². The van der Waals surface area contributed by atoms with E-state index in [0.717, 1.165) is 5.56 Å². The standard InChI is InChI=1S/C11H12O.C2H6/c1-9-4-3-5-11(8-9)7-6-10(2)12;1-2/h3-8H,1-2H3;1-2H3/b7-6+;. The molecule has 1 rings (SSSR count). The van der Waals surface area contributed by atoms with Crippen molar-refractivity contribution in [2.75, 3.05) is 0 Å². The highest BCUT2D eigenvalue weighted by molar-refractivity contribution is 5.91. The van der Waals surface area contributed by atoms with Crippen molar-refractivity contribution >= 4 is 11.9 Å². The van der Waals surface area contributed by atoms with Gasteiger partial charge in [0.15, 0.2) is 5.78 Å². The minimum Gasteiger partial charge on any atom is -0.295 e. The summed E-state index contributed by atoms with van der Waals surface area (Å²) in [5.41, 5.74) is 2.28. The maximum absolute atomic E-state index is 10.6. The maximum Gasteiger partial charge on any atom is 0.152 e. The molecule has 0 spiro atoms. The van der Waals surface area contributed by atoms with Gasteiger partial charge in [0, 0.05) is 0 Å². The lowest BCUT2D eigenvalue weighted by Crippen LogP contribution is -1.80. The summed E-state index contributed by atoms with van der Waals surface area (Å²) in [4.78, 5) is 10.6. The summed E-state index contributed by atoms with van der Waals surface area (Å²) in [7, 11) is 0. The van der Waals surface area contributed by atoms with E-state index in [9.17, 15) is 4.79 Å². The first kappa shape index (κ1) is 12.6. The van der Waals surface area contributed by atoms with Crippen molar-refractivity contribution in [3.05, 3.63) is 41.5 Å². The van der Waals surface area contributed by atoms with Gasteiger partial charge in [-0.25, -0.2) is 0 Å². The molecular weight excluding hydrogens is 172 g/mol. The lowest BCUT2D eigenvalue weighted by molar-refractivity contribution is -0.112. The normalized spacial score (nSPS) is 9.43. The Balaban J connectivity index is 0.000000791. The summed E-state index contributed by atoms with van der Waals surface area (Å²) in [5, 5.41) is 0. The second kappa shape index (κ2) is 7.07. The number of ketones is 1. The van der Waals surface area contributed by atoms with Crippen LogP contribution in [-0.4, -0.2) is 5.78 Å². The number of hydrogen-bond donors (Lipinski definition) is 0. The van der Waals surface area contributed by atoms with Crippen LogP contribution in [0.5, 0.6) is 0 Å². The summed E-state index contributed by atoms with van der Waals surface area (Å²) in [6, 6.07) is 8.03. The van der Waals surface area contributed by atoms with Crippen molar-refractivity contribution in [2.45, 2.75) is 27.7 Å². The van der Waals surface area contributed by atoms with Gasteiger partial charge in [-0.1, -0.05) is 49.8 Å². The van der Waals surface area contributed by atoms with Crippen molar-refractivity contribution < 1.29 is 4.79 Å². The van der Waals surface area contributed by atoms with Crippen LogP contribution in [0.1, 0.15) is 31.9 Å². The van der Waals surface area contributed by atoms with Crippen LogP contribution in [0.4, 0.5) is 0 Å². The molecule has 0 unspecified atom stereocenters. The van der Waals surface area contributed by atoms with E-state index >= 15 is 0 Å². The Hall–Kier alpha value is -1.37. The van der Waals surface area contributed by atoms with Crippen molar-refractivity contribution in [3.8, 4) is 0 Å². The van der Waals surface area contributed by atoms with E-state index < -0.39 is 0 Å². The number of carbonyl (C=O) groups is 1. The van der Waals surface area contributed by atoms with Gasteiger partial charge in [-0.05, 0) is 25.5 Å². The Morgan fingerprint density at radius 2 is 1.93 bits per heavy atom. The van der Waals surface area contributed by atoms with Crippen molar-refractivity contribution in [2.24, 2.45) is 0 Å².